The van der Waals surface area contributed by atoms with Crippen LogP contribution in [0.4, 0.5) is 45.6 Å². The van der Waals surface area contributed by atoms with Crippen LogP contribution in [0, 0.1) is 0 Å². The van der Waals surface area contributed by atoms with Crippen molar-refractivity contribution in [1.82, 2.24) is 0 Å². The van der Waals surface area contributed by atoms with Crippen molar-refractivity contribution in [3.63, 3.8) is 0 Å². The van der Waals surface area contributed by atoms with Gasteiger partial charge in [-0.1, -0.05) is 13.0 Å². The Balaban J connectivity index is 0.00000260. The van der Waals surface area contributed by atoms with Crippen molar-refractivity contribution < 1.29 is 49.4 Å². The highest BCUT2D eigenvalue weighted by Gasteiger charge is 2.41. The summed E-state index contributed by atoms with van der Waals surface area (Å²) < 4.78 is 115. The van der Waals surface area contributed by atoms with Gasteiger partial charge >= 0.3 is 12.3 Å². The molecular formula is C27H31F8NO3. The van der Waals surface area contributed by atoms with Crippen LogP contribution in [0.15, 0.2) is 36.4 Å². The topological polar surface area (TPSA) is 38.8 Å². The minimum absolute atomic E-state index is 0.0511. The number of alkyl halides is 8. The van der Waals surface area contributed by atoms with Crippen molar-refractivity contribution in [1.29, 1.82) is 0 Å². The molecule has 0 radical (unpaired) electrons. The Kier molecular flexibility index (Phi) is 11.6. The van der Waals surface area contributed by atoms with Gasteiger partial charge in [0.1, 0.15) is 0 Å². The van der Waals surface area contributed by atoms with Gasteiger partial charge in [-0.25, -0.2) is 22.4 Å². The molecular weight excluding hydrogens is 538 g/mol. The number of fused-ring (bicyclic) bond motifs is 1. The van der Waals surface area contributed by atoms with Crippen LogP contribution >= 0.6 is 0 Å². The summed E-state index contributed by atoms with van der Waals surface area (Å²) in [5.41, 5.74) is -1.86. The van der Waals surface area contributed by atoms with Crippen molar-refractivity contribution in [2.75, 3.05) is 32.4 Å². The van der Waals surface area contributed by atoms with E-state index in [1.54, 1.807) is 13.8 Å². The summed E-state index contributed by atoms with van der Waals surface area (Å²) in [6.45, 7) is 3.33. The lowest BCUT2D eigenvalue weighted by atomic mass is 9.73. The highest BCUT2D eigenvalue weighted by Crippen LogP contribution is 2.49. The summed E-state index contributed by atoms with van der Waals surface area (Å²) in [7, 11) is 1.82. The molecule has 0 aromatic heterocycles. The number of hydrogen-bond donors (Lipinski definition) is 0. The first kappa shape index (κ1) is 32.3. The van der Waals surface area contributed by atoms with Gasteiger partial charge in [0.2, 0.25) is 0 Å². The third-order valence-electron chi connectivity index (χ3n) is 6.61. The van der Waals surface area contributed by atoms with Gasteiger partial charge < -0.3 is 9.47 Å². The lowest BCUT2D eigenvalue weighted by molar-refractivity contribution is -0.137. The molecule has 0 spiro atoms. The fraction of sp³-hybridized carbons (Fsp3) is 0.519. The number of carbonyl (C=O) groups excluding carboxylic acids is 1. The number of halogens is 8. The fourth-order valence-corrected chi connectivity index (χ4v) is 4.92. The van der Waals surface area contributed by atoms with Crippen LogP contribution in [0.2, 0.25) is 0 Å². The highest BCUT2D eigenvalue weighted by molar-refractivity contribution is 5.90. The molecule has 0 aliphatic carbocycles. The van der Waals surface area contributed by atoms with E-state index in [0.717, 1.165) is 12.1 Å². The van der Waals surface area contributed by atoms with Crippen LogP contribution in [0.1, 0.15) is 79.2 Å². The highest BCUT2D eigenvalue weighted by atomic mass is 19.4. The van der Waals surface area contributed by atoms with Crippen molar-refractivity contribution in [3.05, 3.63) is 64.2 Å². The van der Waals surface area contributed by atoms with E-state index in [9.17, 15) is 39.9 Å². The quantitative estimate of drug-likeness (QED) is 0.298. The molecule has 1 aliphatic heterocycles. The van der Waals surface area contributed by atoms with Gasteiger partial charge in [-0.3, -0.25) is 9.29 Å². The molecule has 0 N–H and O–H groups in total. The molecule has 3 rings (SSSR count). The van der Waals surface area contributed by atoms with Crippen molar-refractivity contribution >= 4 is 11.8 Å². The molecule has 0 fully saturated rings. The van der Waals surface area contributed by atoms with E-state index >= 15 is 0 Å². The van der Waals surface area contributed by atoms with E-state index in [-0.39, 0.29) is 42.0 Å². The minimum atomic E-state index is -4.88. The number of methoxy groups -OCH3 is 1. The van der Waals surface area contributed by atoms with E-state index < -0.39 is 54.1 Å². The molecule has 4 nitrogen and oxygen atoms in total. The van der Waals surface area contributed by atoms with Gasteiger partial charge in [-0.2, -0.15) is 13.2 Å². The maximum atomic E-state index is 13.6. The second-order valence-electron chi connectivity index (χ2n) is 8.84. The van der Waals surface area contributed by atoms with Crippen LogP contribution < -0.4 is 4.90 Å². The molecule has 2 aromatic rings. The zero-order chi connectivity index (χ0) is 29.5. The molecule has 0 saturated carbocycles. The van der Waals surface area contributed by atoms with Crippen LogP contribution in [-0.4, -0.2) is 39.6 Å². The first-order valence-corrected chi connectivity index (χ1v) is 12.2. The van der Waals surface area contributed by atoms with Crippen LogP contribution in [0.3, 0.4) is 0 Å². The number of hydrogen-bond acceptors (Lipinski definition) is 3. The minimum Gasteiger partial charge on any atom is -0.449 e. The molecule has 1 heterocycles. The van der Waals surface area contributed by atoms with Crippen molar-refractivity contribution in [2.45, 2.75) is 63.6 Å². The number of amides is 1. The molecule has 3 atom stereocenters. The monoisotopic (exact) mass is 569 g/mol. The van der Waals surface area contributed by atoms with Crippen molar-refractivity contribution in [2.24, 2.45) is 0 Å². The third-order valence-corrected chi connectivity index (χ3v) is 6.61. The van der Waals surface area contributed by atoms with Gasteiger partial charge in [-0.05, 0) is 67.1 Å². The fourth-order valence-electron chi connectivity index (χ4n) is 4.92. The lowest BCUT2D eigenvalue weighted by Crippen LogP contribution is -2.46. The van der Waals surface area contributed by atoms with Crippen LogP contribution in [0.25, 0.3) is 0 Å². The smallest absolute Gasteiger partial charge is 0.416 e. The normalized spacial score (nSPS) is 17.9. The summed E-state index contributed by atoms with van der Waals surface area (Å²) in [4.78, 5) is 14.2. The third kappa shape index (κ3) is 7.40. The Morgan fingerprint density at radius 3 is 2.10 bits per heavy atom. The van der Waals surface area contributed by atoms with Gasteiger partial charge in [0.05, 0.1) is 31.6 Å². The molecule has 1 aliphatic rings. The second kappa shape index (κ2) is 14.0. The van der Waals surface area contributed by atoms with Gasteiger partial charge in [0, 0.05) is 30.2 Å². The average molecular weight is 570 g/mol. The number of nitrogens with zero attached hydrogens (tertiary/aromatic N) is 1. The van der Waals surface area contributed by atoms with E-state index in [1.165, 1.54) is 30.2 Å². The first-order chi connectivity index (χ1) is 18.4. The largest absolute Gasteiger partial charge is 0.449 e. The number of benzene rings is 2. The van der Waals surface area contributed by atoms with E-state index in [1.807, 2.05) is 0 Å². The van der Waals surface area contributed by atoms with E-state index in [4.69, 9.17) is 9.47 Å². The molecule has 0 unspecified atom stereocenters. The van der Waals surface area contributed by atoms with E-state index in [0.29, 0.717) is 19.7 Å². The molecule has 0 bridgehead atoms. The standard InChI is InChI=1S/C26H28F7NO3.CH3F/c1-4-18-12-19(20-11-14(23(27)28)6-7-22(20)34(18)25(35)37-5-2)21(13-36-3)15-8-16(24(29)30)10-17(9-15)26(31,32)33;1-2/h6-11,18-19,21,23-24H,4-5,12-13H2,1-3H3;1H3/t18-,19+,21-;/m1./s1. The Hall–Kier alpha value is -2.89. The van der Waals surface area contributed by atoms with Gasteiger partial charge in [0.25, 0.3) is 12.9 Å². The molecule has 218 valence electrons. The SMILES string of the molecule is CCOC(=O)N1c2ccc(C(F)F)cc2[C@@H]([C@H](COC)c2cc(C(F)F)cc(C(F)(F)F)c2)C[C@H]1CC.CF. The zero-order valence-corrected chi connectivity index (χ0v) is 21.9. The van der Waals surface area contributed by atoms with Gasteiger partial charge in [-0.15, -0.1) is 0 Å². The predicted molar refractivity (Wildman–Crippen MR) is 130 cm³/mol. The molecule has 1 amide bonds. The summed E-state index contributed by atoms with van der Waals surface area (Å²) in [5.74, 6) is -1.60. The maximum Gasteiger partial charge on any atom is 0.416 e. The van der Waals surface area contributed by atoms with Gasteiger partial charge in [0.15, 0.2) is 0 Å². The van der Waals surface area contributed by atoms with E-state index in [2.05, 4.69) is 0 Å². The maximum absolute atomic E-state index is 13.6. The molecule has 2 aromatic carbocycles. The molecule has 39 heavy (non-hydrogen) atoms. The number of anilines is 1. The molecule has 12 heteroatoms. The molecule has 0 saturated heterocycles. The lowest BCUT2D eigenvalue weighted by Gasteiger charge is -2.43. The second-order valence-corrected chi connectivity index (χ2v) is 8.84. The summed E-state index contributed by atoms with van der Waals surface area (Å²) >= 11 is 0. The Bertz CT molecular complexity index is 1090. The summed E-state index contributed by atoms with van der Waals surface area (Å²) in [6, 6.07) is 5.47. The zero-order valence-electron chi connectivity index (χ0n) is 21.9. The summed E-state index contributed by atoms with van der Waals surface area (Å²) in [5, 5.41) is 0. The first-order valence-electron chi connectivity index (χ1n) is 12.2. The van der Waals surface area contributed by atoms with Crippen molar-refractivity contribution in [3.8, 4) is 0 Å². The Labute approximate surface area is 221 Å². The Morgan fingerprint density at radius 2 is 1.59 bits per heavy atom. The van der Waals surface area contributed by atoms with Crippen LogP contribution in [-0.2, 0) is 15.7 Å². The average Bonchev–Trinajstić information content (AvgIpc) is 2.90. The number of ether oxygens (including phenoxy) is 2. The number of rotatable bonds is 8. The van der Waals surface area contributed by atoms with Crippen LogP contribution in [0.5, 0.6) is 0 Å². The summed E-state index contributed by atoms with van der Waals surface area (Å²) in [6.07, 6.45) is -11.0. The Morgan fingerprint density at radius 1 is 0.974 bits per heavy atom. The predicted octanol–water partition coefficient (Wildman–Crippen LogP) is 8.83. The number of carbonyl (C=O) groups is 1.